The third kappa shape index (κ3) is 5.00. The number of nitrogens with one attached hydrogen (secondary N) is 2. The van der Waals surface area contributed by atoms with E-state index in [0.29, 0.717) is 16.9 Å². The van der Waals surface area contributed by atoms with Crippen molar-refractivity contribution >= 4 is 23.4 Å². The first-order valence-electron chi connectivity index (χ1n) is 10.6. The molecule has 0 spiro atoms. The predicted molar refractivity (Wildman–Crippen MR) is 133 cm³/mol. The van der Waals surface area contributed by atoms with Crippen LogP contribution in [0.25, 0.3) is 0 Å². The van der Waals surface area contributed by atoms with Crippen LogP contribution in [0.4, 0.5) is 5.69 Å². The van der Waals surface area contributed by atoms with E-state index in [0.717, 1.165) is 33.1 Å². The predicted octanol–water partition coefficient (Wildman–Crippen LogP) is 5.66. The van der Waals surface area contributed by atoms with Gasteiger partial charge in [0.1, 0.15) is 0 Å². The molecule has 6 heteroatoms. The number of carbonyl (C=O) groups is 1. The summed E-state index contributed by atoms with van der Waals surface area (Å²) in [5.74, 6) is -0.0261. The van der Waals surface area contributed by atoms with Gasteiger partial charge in [-0.05, 0) is 42.7 Å². The standard InChI is InChI=1S/C27H24N4OS/c1-18-9-6-7-13-23(18)31-26(32)24-19(2)30-27(33-17-20-10-4-3-5-11-20)22(15-28)25(24)21-12-8-14-29-16-21/h3-14,16,25,30H,17H2,1-2H3,(H,31,32)/t25-/m0/s1. The highest BCUT2D eigenvalue weighted by atomic mass is 32.2. The van der Waals surface area contributed by atoms with Crippen molar-refractivity contribution in [2.45, 2.75) is 25.5 Å². The molecule has 1 aliphatic heterocycles. The van der Waals surface area contributed by atoms with Gasteiger partial charge in [0.2, 0.25) is 0 Å². The number of aromatic nitrogens is 1. The van der Waals surface area contributed by atoms with Crippen LogP contribution in [0.1, 0.15) is 29.5 Å². The fraction of sp³-hybridized carbons (Fsp3) is 0.148. The maximum atomic E-state index is 13.5. The monoisotopic (exact) mass is 452 g/mol. The number of nitriles is 1. The second kappa shape index (κ2) is 10.2. The molecule has 164 valence electrons. The molecule has 1 aromatic heterocycles. The van der Waals surface area contributed by atoms with E-state index in [-0.39, 0.29) is 5.91 Å². The number of thioether (sulfide) groups is 1. The van der Waals surface area contributed by atoms with Crippen molar-refractivity contribution < 1.29 is 4.79 Å². The number of benzene rings is 2. The molecule has 0 saturated heterocycles. The Kier molecular flexibility index (Phi) is 6.92. The number of pyridine rings is 1. The second-order valence-electron chi connectivity index (χ2n) is 7.78. The molecule has 1 amide bonds. The fourth-order valence-corrected chi connectivity index (χ4v) is 4.89. The Balaban J connectivity index is 1.71. The molecule has 2 aromatic carbocycles. The Labute approximate surface area is 198 Å². The van der Waals surface area contributed by atoms with Crippen molar-refractivity contribution in [3.05, 3.63) is 118 Å². The molecule has 1 atom stereocenters. The van der Waals surface area contributed by atoms with E-state index in [2.05, 4.69) is 33.8 Å². The van der Waals surface area contributed by atoms with Crippen LogP contribution in [0.2, 0.25) is 0 Å². The Hall–Kier alpha value is -3.82. The summed E-state index contributed by atoms with van der Waals surface area (Å²) in [4.78, 5) is 17.7. The van der Waals surface area contributed by atoms with Crippen molar-refractivity contribution in [2.24, 2.45) is 0 Å². The molecule has 0 radical (unpaired) electrons. The highest BCUT2D eigenvalue weighted by Crippen LogP contribution is 2.41. The third-order valence-corrected chi connectivity index (χ3v) is 6.62. The maximum Gasteiger partial charge on any atom is 0.254 e. The van der Waals surface area contributed by atoms with E-state index >= 15 is 0 Å². The van der Waals surface area contributed by atoms with Gasteiger partial charge in [0.15, 0.2) is 0 Å². The number of dihydropyridines is 1. The molecule has 4 rings (SSSR count). The van der Waals surface area contributed by atoms with E-state index in [9.17, 15) is 10.1 Å². The van der Waals surface area contributed by atoms with Crippen LogP contribution in [-0.2, 0) is 10.5 Å². The zero-order valence-electron chi connectivity index (χ0n) is 18.5. The minimum absolute atomic E-state index is 0.233. The summed E-state index contributed by atoms with van der Waals surface area (Å²) in [7, 11) is 0. The van der Waals surface area contributed by atoms with Gasteiger partial charge >= 0.3 is 0 Å². The Morgan fingerprint density at radius 1 is 1.09 bits per heavy atom. The average Bonchev–Trinajstić information content (AvgIpc) is 2.84. The lowest BCUT2D eigenvalue weighted by Crippen LogP contribution is -2.30. The van der Waals surface area contributed by atoms with Crippen LogP contribution >= 0.6 is 11.8 Å². The van der Waals surface area contributed by atoms with Crippen LogP contribution in [0, 0.1) is 18.3 Å². The molecule has 0 unspecified atom stereocenters. The van der Waals surface area contributed by atoms with Gasteiger partial charge in [0.25, 0.3) is 5.91 Å². The van der Waals surface area contributed by atoms with Crippen LogP contribution in [-0.4, -0.2) is 10.9 Å². The largest absolute Gasteiger partial charge is 0.353 e. The number of carbonyl (C=O) groups excluding carboxylic acids is 1. The van der Waals surface area contributed by atoms with Crippen LogP contribution in [0.5, 0.6) is 0 Å². The van der Waals surface area contributed by atoms with E-state index in [1.165, 1.54) is 0 Å². The third-order valence-electron chi connectivity index (χ3n) is 5.53. The van der Waals surface area contributed by atoms with Gasteiger partial charge in [-0.15, -0.1) is 11.8 Å². The van der Waals surface area contributed by atoms with E-state index in [4.69, 9.17) is 0 Å². The molecule has 2 heterocycles. The number of hydrogen-bond donors (Lipinski definition) is 2. The van der Waals surface area contributed by atoms with E-state index < -0.39 is 5.92 Å². The smallest absolute Gasteiger partial charge is 0.254 e. The minimum atomic E-state index is -0.507. The number of nitrogens with zero attached hydrogens (tertiary/aromatic N) is 2. The highest BCUT2D eigenvalue weighted by molar-refractivity contribution is 8.02. The zero-order chi connectivity index (χ0) is 23.2. The molecule has 0 fully saturated rings. The molecule has 3 aromatic rings. The molecule has 0 saturated carbocycles. The first kappa shape index (κ1) is 22.4. The summed E-state index contributed by atoms with van der Waals surface area (Å²) < 4.78 is 0. The normalized spacial score (nSPS) is 15.6. The second-order valence-corrected chi connectivity index (χ2v) is 8.77. The van der Waals surface area contributed by atoms with Gasteiger partial charge in [-0.2, -0.15) is 5.26 Å². The number of rotatable bonds is 6. The lowest BCUT2D eigenvalue weighted by Gasteiger charge is -2.30. The topological polar surface area (TPSA) is 77.8 Å². The summed E-state index contributed by atoms with van der Waals surface area (Å²) in [6, 6.07) is 23.9. The van der Waals surface area contributed by atoms with Crippen molar-refractivity contribution in [3.8, 4) is 6.07 Å². The van der Waals surface area contributed by atoms with E-state index in [1.807, 2.05) is 68.4 Å². The Morgan fingerprint density at radius 2 is 1.85 bits per heavy atom. The van der Waals surface area contributed by atoms with Crippen molar-refractivity contribution in [3.63, 3.8) is 0 Å². The van der Waals surface area contributed by atoms with Gasteiger partial charge in [-0.3, -0.25) is 9.78 Å². The summed E-state index contributed by atoms with van der Waals surface area (Å²) in [5, 5.41) is 17.3. The van der Waals surface area contributed by atoms with Crippen molar-refractivity contribution in [2.75, 3.05) is 5.32 Å². The van der Waals surface area contributed by atoms with Gasteiger partial charge in [-0.25, -0.2) is 0 Å². The van der Waals surface area contributed by atoms with Gasteiger partial charge in [0.05, 0.1) is 22.6 Å². The quantitative estimate of drug-likeness (QED) is 0.505. The molecule has 0 bridgehead atoms. The van der Waals surface area contributed by atoms with Crippen molar-refractivity contribution in [1.29, 1.82) is 5.26 Å². The molecule has 33 heavy (non-hydrogen) atoms. The summed E-state index contributed by atoms with van der Waals surface area (Å²) in [6.07, 6.45) is 3.41. The molecule has 0 aliphatic carbocycles. The number of hydrogen-bond acceptors (Lipinski definition) is 5. The van der Waals surface area contributed by atoms with Crippen molar-refractivity contribution in [1.82, 2.24) is 10.3 Å². The highest BCUT2D eigenvalue weighted by Gasteiger charge is 2.35. The minimum Gasteiger partial charge on any atom is -0.353 e. The van der Waals surface area contributed by atoms with Gasteiger partial charge in [0, 0.05) is 35.1 Å². The number of amides is 1. The van der Waals surface area contributed by atoms with Crippen LogP contribution < -0.4 is 10.6 Å². The number of para-hydroxylation sites is 1. The van der Waals surface area contributed by atoms with E-state index in [1.54, 1.807) is 24.2 Å². The molecule has 1 aliphatic rings. The zero-order valence-corrected chi connectivity index (χ0v) is 19.3. The fourth-order valence-electron chi connectivity index (χ4n) is 3.84. The Morgan fingerprint density at radius 3 is 2.55 bits per heavy atom. The van der Waals surface area contributed by atoms with Gasteiger partial charge < -0.3 is 10.6 Å². The number of anilines is 1. The average molecular weight is 453 g/mol. The SMILES string of the molecule is CC1=C(C(=O)Nc2ccccc2C)[C@@H](c2cccnc2)C(C#N)=C(SCc2ccccc2)N1. The summed E-state index contributed by atoms with van der Waals surface area (Å²) >= 11 is 1.57. The molecule has 5 nitrogen and oxygen atoms in total. The van der Waals surface area contributed by atoms with Crippen LogP contribution in [0.3, 0.4) is 0 Å². The molecular formula is C27H24N4OS. The first-order chi connectivity index (χ1) is 16.1. The maximum absolute atomic E-state index is 13.5. The first-order valence-corrected chi connectivity index (χ1v) is 11.6. The van der Waals surface area contributed by atoms with Gasteiger partial charge in [-0.1, -0.05) is 54.6 Å². The van der Waals surface area contributed by atoms with Crippen LogP contribution in [0.15, 0.2) is 101 Å². The summed E-state index contributed by atoms with van der Waals surface area (Å²) in [5.41, 5.74) is 5.46. The molecule has 2 N–H and O–H groups in total. The number of aryl methyl sites for hydroxylation is 1. The number of allylic oxidation sites excluding steroid dienone is 2. The molecular weight excluding hydrogens is 428 g/mol. The Bertz CT molecular complexity index is 1260. The summed E-state index contributed by atoms with van der Waals surface area (Å²) in [6.45, 7) is 3.83. The lowest BCUT2D eigenvalue weighted by molar-refractivity contribution is -0.113. The lowest BCUT2D eigenvalue weighted by atomic mass is 9.82.